The molecular formula is C34H64O6. The summed E-state index contributed by atoms with van der Waals surface area (Å²) in [5.41, 5.74) is -1.83. The smallest absolute Gasteiger partial charge is 0.306 e. The third-order valence-corrected chi connectivity index (χ3v) is 8.74. The molecule has 0 amide bonds. The van der Waals surface area contributed by atoms with Crippen LogP contribution in [0.25, 0.3) is 0 Å². The van der Waals surface area contributed by atoms with Crippen LogP contribution < -0.4 is 0 Å². The molecule has 0 unspecified atom stereocenters. The fourth-order valence-corrected chi connectivity index (χ4v) is 6.05. The standard InChI is InChI=1S/C34H64O6/c1-3-5-7-9-11-13-15-17-19-25-33(29-35)27-21-23-32(38)40-34(30-36,28-22-24-31(37)39-33)26-20-18-16-14-12-10-8-6-4-2/h35-36H,3-30H2,1-2H3/t33-,34-/m1/s1. The van der Waals surface area contributed by atoms with Crippen LogP contribution in [0.15, 0.2) is 0 Å². The second-order valence-corrected chi connectivity index (χ2v) is 12.5. The summed E-state index contributed by atoms with van der Waals surface area (Å²) in [5.74, 6) is -0.599. The Morgan fingerprint density at radius 2 is 0.825 bits per heavy atom. The van der Waals surface area contributed by atoms with E-state index >= 15 is 0 Å². The summed E-state index contributed by atoms with van der Waals surface area (Å²) in [4.78, 5) is 25.6. The average molecular weight is 569 g/mol. The number of ether oxygens (including phenoxy) is 2. The molecule has 1 saturated heterocycles. The Balaban J connectivity index is 2.53. The second-order valence-electron chi connectivity index (χ2n) is 12.5. The summed E-state index contributed by atoms with van der Waals surface area (Å²) < 4.78 is 11.9. The van der Waals surface area contributed by atoms with Crippen molar-refractivity contribution in [3.05, 3.63) is 0 Å². The van der Waals surface area contributed by atoms with E-state index in [-0.39, 0.29) is 38.0 Å². The lowest BCUT2D eigenvalue weighted by Crippen LogP contribution is -2.42. The third-order valence-electron chi connectivity index (χ3n) is 8.74. The van der Waals surface area contributed by atoms with Gasteiger partial charge in [-0.1, -0.05) is 117 Å². The summed E-state index contributed by atoms with van der Waals surface area (Å²) in [6.45, 7) is 4.03. The van der Waals surface area contributed by atoms with Crippen molar-refractivity contribution in [2.75, 3.05) is 13.2 Å². The van der Waals surface area contributed by atoms with Crippen molar-refractivity contribution in [1.82, 2.24) is 0 Å². The average Bonchev–Trinajstić information content (AvgIpc) is 2.94. The van der Waals surface area contributed by atoms with Crippen LogP contribution in [0, 0.1) is 0 Å². The number of unbranched alkanes of at least 4 members (excludes halogenated alkanes) is 16. The van der Waals surface area contributed by atoms with Gasteiger partial charge in [-0.2, -0.15) is 0 Å². The van der Waals surface area contributed by atoms with Gasteiger partial charge in [0.25, 0.3) is 0 Å². The molecule has 0 radical (unpaired) electrons. The van der Waals surface area contributed by atoms with Crippen molar-refractivity contribution in [2.24, 2.45) is 0 Å². The lowest BCUT2D eigenvalue weighted by atomic mass is 9.88. The Hall–Kier alpha value is -1.14. The van der Waals surface area contributed by atoms with Crippen molar-refractivity contribution < 1.29 is 29.3 Å². The normalized spacial score (nSPS) is 22.8. The maximum atomic E-state index is 12.8. The van der Waals surface area contributed by atoms with Crippen LogP contribution in [-0.4, -0.2) is 46.6 Å². The molecule has 2 atom stereocenters. The zero-order valence-corrected chi connectivity index (χ0v) is 26.3. The number of carbonyl (C=O) groups is 2. The third kappa shape index (κ3) is 17.0. The first kappa shape index (κ1) is 36.9. The summed E-state index contributed by atoms with van der Waals surface area (Å²) in [7, 11) is 0. The van der Waals surface area contributed by atoms with E-state index in [1.807, 2.05) is 0 Å². The van der Waals surface area contributed by atoms with Gasteiger partial charge in [0.05, 0.1) is 13.2 Å². The van der Waals surface area contributed by atoms with Crippen molar-refractivity contribution in [1.29, 1.82) is 0 Å². The first-order valence-electron chi connectivity index (χ1n) is 17.1. The Labute approximate surface area is 246 Å². The summed E-state index contributed by atoms with van der Waals surface area (Å²) in [6.07, 6.45) is 25.2. The van der Waals surface area contributed by atoms with Crippen LogP contribution in [-0.2, 0) is 19.1 Å². The molecule has 0 bridgehead atoms. The number of aliphatic hydroxyl groups excluding tert-OH is 2. The van der Waals surface area contributed by atoms with Gasteiger partial charge in [0.15, 0.2) is 0 Å². The van der Waals surface area contributed by atoms with E-state index in [2.05, 4.69) is 13.8 Å². The van der Waals surface area contributed by atoms with Crippen LogP contribution in [0.1, 0.15) is 181 Å². The van der Waals surface area contributed by atoms with E-state index < -0.39 is 11.2 Å². The summed E-state index contributed by atoms with van der Waals surface area (Å²) >= 11 is 0. The molecule has 2 N–H and O–H groups in total. The number of cyclic esters (lactones) is 2. The van der Waals surface area contributed by atoms with Gasteiger partial charge in [-0.05, 0) is 51.4 Å². The molecule has 6 nitrogen and oxygen atoms in total. The van der Waals surface area contributed by atoms with Gasteiger partial charge in [-0.25, -0.2) is 0 Å². The summed E-state index contributed by atoms with van der Waals surface area (Å²) in [6, 6.07) is 0. The van der Waals surface area contributed by atoms with Crippen LogP contribution in [0.4, 0.5) is 0 Å². The number of carbonyl (C=O) groups excluding carboxylic acids is 2. The van der Waals surface area contributed by atoms with Gasteiger partial charge in [-0.15, -0.1) is 0 Å². The van der Waals surface area contributed by atoms with E-state index in [1.54, 1.807) is 0 Å². The molecule has 1 aliphatic heterocycles. The molecule has 0 spiro atoms. The number of hydrogen-bond acceptors (Lipinski definition) is 6. The van der Waals surface area contributed by atoms with E-state index in [4.69, 9.17) is 9.47 Å². The first-order chi connectivity index (χ1) is 19.4. The molecule has 1 aliphatic rings. The predicted octanol–water partition coefficient (Wildman–Crippen LogP) is 8.73. The number of esters is 2. The molecule has 6 heteroatoms. The van der Waals surface area contributed by atoms with Gasteiger partial charge in [0.1, 0.15) is 11.2 Å². The molecular weight excluding hydrogens is 504 g/mol. The number of aliphatic hydroxyl groups is 2. The van der Waals surface area contributed by atoms with Gasteiger partial charge in [-0.3, -0.25) is 9.59 Å². The van der Waals surface area contributed by atoms with Crippen molar-refractivity contribution in [3.63, 3.8) is 0 Å². The number of rotatable bonds is 22. The minimum absolute atomic E-state index is 0.205. The van der Waals surface area contributed by atoms with Gasteiger partial charge in [0.2, 0.25) is 0 Å². The van der Waals surface area contributed by atoms with E-state index in [9.17, 15) is 19.8 Å². The maximum Gasteiger partial charge on any atom is 0.306 e. The largest absolute Gasteiger partial charge is 0.457 e. The highest BCUT2D eigenvalue weighted by Crippen LogP contribution is 2.32. The Kier molecular flexibility index (Phi) is 21.6. The van der Waals surface area contributed by atoms with E-state index in [0.29, 0.717) is 38.5 Å². The molecule has 1 rings (SSSR count). The Morgan fingerprint density at radius 3 is 1.12 bits per heavy atom. The van der Waals surface area contributed by atoms with E-state index in [1.165, 1.54) is 77.0 Å². The molecule has 0 aromatic heterocycles. The fourth-order valence-electron chi connectivity index (χ4n) is 6.05. The minimum atomic E-state index is -0.914. The monoisotopic (exact) mass is 568 g/mol. The predicted molar refractivity (Wildman–Crippen MR) is 163 cm³/mol. The maximum absolute atomic E-state index is 12.8. The van der Waals surface area contributed by atoms with E-state index in [0.717, 1.165) is 38.5 Å². The van der Waals surface area contributed by atoms with Gasteiger partial charge < -0.3 is 19.7 Å². The zero-order chi connectivity index (χ0) is 29.4. The van der Waals surface area contributed by atoms with Crippen LogP contribution >= 0.6 is 0 Å². The number of hydrogen-bond donors (Lipinski definition) is 2. The highest BCUT2D eigenvalue weighted by atomic mass is 16.6. The summed E-state index contributed by atoms with van der Waals surface area (Å²) in [5, 5.41) is 20.5. The van der Waals surface area contributed by atoms with Gasteiger partial charge in [0, 0.05) is 12.8 Å². The molecule has 0 aromatic rings. The second kappa shape index (κ2) is 23.4. The SMILES string of the molecule is CCCCCCCCCCC[C@]1(CO)CCCC(=O)O[C@](CO)(CCCCCCCCCCC)CCCC(=O)O1. The topological polar surface area (TPSA) is 93.1 Å². The van der Waals surface area contributed by atoms with Crippen LogP contribution in [0.2, 0.25) is 0 Å². The molecule has 0 aromatic carbocycles. The lowest BCUT2D eigenvalue weighted by molar-refractivity contribution is -0.173. The van der Waals surface area contributed by atoms with Gasteiger partial charge >= 0.3 is 11.9 Å². The fraction of sp³-hybridized carbons (Fsp3) is 0.941. The molecule has 0 aliphatic carbocycles. The lowest BCUT2D eigenvalue weighted by Gasteiger charge is -2.35. The van der Waals surface area contributed by atoms with Crippen LogP contribution in [0.3, 0.4) is 0 Å². The molecule has 40 heavy (non-hydrogen) atoms. The zero-order valence-electron chi connectivity index (χ0n) is 26.3. The molecule has 1 fully saturated rings. The van der Waals surface area contributed by atoms with Crippen molar-refractivity contribution in [2.45, 2.75) is 192 Å². The first-order valence-corrected chi connectivity index (χ1v) is 17.1. The molecule has 0 saturated carbocycles. The quantitative estimate of drug-likeness (QED) is 0.100. The van der Waals surface area contributed by atoms with Crippen molar-refractivity contribution in [3.8, 4) is 0 Å². The Bertz CT molecular complexity index is 584. The highest BCUT2D eigenvalue weighted by molar-refractivity contribution is 5.71. The highest BCUT2D eigenvalue weighted by Gasteiger charge is 2.37. The minimum Gasteiger partial charge on any atom is -0.457 e. The molecule has 1 heterocycles. The Morgan fingerprint density at radius 1 is 0.525 bits per heavy atom. The molecule has 236 valence electrons. The van der Waals surface area contributed by atoms with Crippen molar-refractivity contribution >= 4 is 11.9 Å². The van der Waals surface area contributed by atoms with Crippen LogP contribution in [0.5, 0.6) is 0 Å².